The highest BCUT2D eigenvalue weighted by atomic mass is 14.4. The minimum Gasteiger partial charge on any atom is -0.0619 e. The van der Waals surface area contributed by atoms with Crippen LogP contribution < -0.4 is 0 Å². The van der Waals surface area contributed by atoms with E-state index in [0.29, 0.717) is 0 Å². The molecule has 2 aliphatic carbocycles. The van der Waals surface area contributed by atoms with Gasteiger partial charge in [-0.05, 0) is 85.5 Å². The summed E-state index contributed by atoms with van der Waals surface area (Å²) in [5.41, 5.74) is 15.3. The molecule has 0 heterocycles. The van der Waals surface area contributed by atoms with Crippen molar-refractivity contribution in [2.75, 3.05) is 0 Å². The van der Waals surface area contributed by atoms with Gasteiger partial charge in [-0.25, -0.2) is 0 Å². The first-order chi connectivity index (χ1) is 16.8. The molecule has 0 spiro atoms. The van der Waals surface area contributed by atoms with Crippen LogP contribution in [0, 0.1) is 6.92 Å². The second-order valence-corrected chi connectivity index (χ2v) is 11.5. The summed E-state index contributed by atoms with van der Waals surface area (Å²) in [5, 5.41) is 2.69. The number of benzene rings is 5. The number of hydrogen-bond acceptors (Lipinski definition) is 0. The molecule has 0 saturated carbocycles. The summed E-state index contributed by atoms with van der Waals surface area (Å²) in [6.07, 6.45) is 0. The lowest BCUT2D eigenvalue weighted by Crippen LogP contribution is -2.15. The van der Waals surface area contributed by atoms with Crippen LogP contribution in [-0.2, 0) is 10.8 Å². The normalized spacial score (nSPS) is 16.0. The molecule has 5 aromatic carbocycles. The Kier molecular flexibility index (Phi) is 3.98. The van der Waals surface area contributed by atoms with Crippen molar-refractivity contribution in [1.29, 1.82) is 0 Å². The highest BCUT2D eigenvalue weighted by Gasteiger charge is 2.38. The monoisotopic (exact) mass is 450 g/mol. The summed E-state index contributed by atoms with van der Waals surface area (Å²) in [4.78, 5) is 0. The Hall–Kier alpha value is -3.64. The van der Waals surface area contributed by atoms with E-state index >= 15 is 0 Å². The Labute approximate surface area is 208 Å². The van der Waals surface area contributed by atoms with Crippen molar-refractivity contribution < 1.29 is 0 Å². The predicted molar refractivity (Wildman–Crippen MR) is 149 cm³/mol. The molecule has 7 rings (SSSR count). The number of hydrogen-bond donors (Lipinski definition) is 0. The van der Waals surface area contributed by atoms with Crippen LogP contribution in [0.15, 0.2) is 91.0 Å². The van der Waals surface area contributed by atoms with Gasteiger partial charge in [0.1, 0.15) is 0 Å². The van der Waals surface area contributed by atoms with Gasteiger partial charge in [-0.1, -0.05) is 112 Å². The largest absolute Gasteiger partial charge is 0.0619 e. The number of rotatable bonds is 1. The maximum absolute atomic E-state index is 2.49. The zero-order valence-corrected chi connectivity index (χ0v) is 21.2. The van der Waals surface area contributed by atoms with E-state index in [-0.39, 0.29) is 10.8 Å². The summed E-state index contributed by atoms with van der Waals surface area (Å²) in [5.74, 6) is 0. The Morgan fingerprint density at radius 3 is 1.97 bits per heavy atom. The van der Waals surface area contributed by atoms with Gasteiger partial charge >= 0.3 is 0 Å². The molecule has 0 saturated heterocycles. The van der Waals surface area contributed by atoms with E-state index in [1.807, 2.05) is 0 Å². The smallest absolute Gasteiger partial charge is 0.0159 e. The molecule has 170 valence electrons. The molecule has 0 radical (unpaired) electrons. The maximum atomic E-state index is 2.49. The molecule has 0 unspecified atom stereocenters. The molecule has 2 aliphatic rings. The third-order valence-corrected chi connectivity index (χ3v) is 8.73. The second kappa shape index (κ2) is 6.73. The van der Waals surface area contributed by atoms with Crippen LogP contribution in [0.1, 0.15) is 55.5 Å². The molecule has 0 aliphatic heterocycles. The second-order valence-electron chi connectivity index (χ2n) is 11.5. The van der Waals surface area contributed by atoms with Crippen molar-refractivity contribution >= 4 is 10.8 Å². The van der Waals surface area contributed by atoms with E-state index in [1.165, 1.54) is 72.0 Å². The lowest BCUT2D eigenvalue weighted by Gasteiger charge is -2.24. The summed E-state index contributed by atoms with van der Waals surface area (Å²) < 4.78 is 0. The fraction of sp³-hybridized carbons (Fsp3) is 0.200. The van der Waals surface area contributed by atoms with Gasteiger partial charge in [0.2, 0.25) is 0 Å². The molecular weight excluding hydrogens is 420 g/mol. The third-order valence-electron chi connectivity index (χ3n) is 8.73. The van der Waals surface area contributed by atoms with Gasteiger partial charge in [0.05, 0.1) is 0 Å². The highest BCUT2D eigenvalue weighted by Crippen LogP contribution is 2.54. The molecule has 0 N–H and O–H groups in total. The first kappa shape index (κ1) is 20.7. The Morgan fingerprint density at radius 2 is 1.14 bits per heavy atom. The minimum absolute atomic E-state index is 0.0270. The molecule has 5 aromatic rings. The van der Waals surface area contributed by atoms with E-state index in [0.717, 1.165) is 0 Å². The average Bonchev–Trinajstić information content (AvgIpc) is 3.23. The van der Waals surface area contributed by atoms with Gasteiger partial charge < -0.3 is 0 Å². The quantitative estimate of drug-likeness (QED) is 0.238. The van der Waals surface area contributed by atoms with Crippen molar-refractivity contribution in [2.24, 2.45) is 0 Å². The van der Waals surface area contributed by atoms with E-state index in [1.54, 1.807) is 0 Å². The predicted octanol–water partition coefficient (Wildman–Crippen LogP) is 9.43. The van der Waals surface area contributed by atoms with Crippen LogP contribution in [0.2, 0.25) is 0 Å². The molecule has 0 amide bonds. The van der Waals surface area contributed by atoms with Crippen molar-refractivity contribution in [1.82, 2.24) is 0 Å². The zero-order chi connectivity index (χ0) is 24.1. The summed E-state index contributed by atoms with van der Waals surface area (Å²) in [6.45, 7) is 11.7. The average molecular weight is 451 g/mol. The Balaban J connectivity index is 1.53. The van der Waals surface area contributed by atoms with Crippen molar-refractivity contribution in [3.8, 4) is 33.4 Å². The fourth-order valence-corrected chi connectivity index (χ4v) is 6.82. The van der Waals surface area contributed by atoms with Gasteiger partial charge in [0, 0.05) is 10.8 Å². The van der Waals surface area contributed by atoms with Crippen molar-refractivity contribution in [3.63, 3.8) is 0 Å². The van der Waals surface area contributed by atoms with E-state index in [2.05, 4.69) is 126 Å². The van der Waals surface area contributed by atoms with Crippen LogP contribution >= 0.6 is 0 Å². The first-order valence-corrected chi connectivity index (χ1v) is 12.7. The maximum Gasteiger partial charge on any atom is 0.0159 e. The van der Waals surface area contributed by atoms with Crippen LogP contribution in [0.5, 0.6) is 0 Å². The molecule has 0 nitrogen and oxygen atoms in total. The topological polar surface area (TPSA) is 0 Å². The molecule has 0 heteroatoms. The summed E-state index contributed by atoms with van der Waals surface area (Å²) in [6, 6.07) is 34.5. The van der Waals surface area contributed by atoms with Gasteiger partial charge in [0.25, 0.3) is 0 Å². The van der Waals surface area contributed by atoms with E-state index < -0.39 is 0 Å². The molecular formula is C35H30. The molecule has 0 fully saturated rings. The van der Waals surface area contributed by atoms with Crippen molar-refractivity contribution in [2.45, 2.75) is 45.4 Å². The van der Waals surface area contributed by atoms with Crippen LogP contribution in [0.25, 0.3) is 44.2 Å². The standard InChI is InChI=1S/C35H30/c1-21-14-16-26-31(18-21)35(4,5)32-20-27(23-10-6-7-12-25(23)33(26)32)22-15-17-30-28(19-22)24-11-8-9-13-29(24)34(30,2)3/h6-20H,1-5H3. The Bertz CT molecular complexity index is 1690. The van der Waals surface area contributed by atoms with Gasteiger partial charge in [-0.15, -0.1) is 0 Å². The molecule has 0 bridgehead atoms. The highest BCUT2D eigenvalue weighted by molar-refractivity contribution is 6.09. The van der Waals surface area contributed by atoms with Gasteiger partial charge in [-0.3, -0.25) is 0 Å². The fourth-order valence-electron chi connectivity index (χ4n) is 6.82. The lowest BCUT2D eigenvalue weighted by molar-refractivity contribution is 0.660. The van der Waals surface area contributed by atoms with Crippen molar-refractivity contribution in [3.05, 3.63) is 119 Å². The lowest BCUT2D eigenvalue weighted by atomic mass is 9.79. The van der Waals surface area contributed by atoms with Gasteiger partial charge in [-0.2, -0.15) is 0 Å². The summed E-state index contributed by atoms with van der Waals surface area (Å²) in [7, 11) is 0. The van der Waals surface area contributed by atoms with Gasteiger partial charge in [0.15, 0.2) is 0 Å². The Morgan fingerprint density at radius 1 is 0.457 bits per heavy atom. The van der Waals surface area contributed by atoms with E-state index in [4.69, 9.17) is 0 Å². The number of fused-ring (bicyclic) bond motifs is 8. The molecule has 0 atom stereocenters. The molecule has 35 heavy (non-hydrogen) atoms. The van der Waals surface area contributed by atoms with Crippen LogP contribution in [-0.4, -0.2) is 0 Å². The van der Waals surface area contributed by atoms with E-state index in [9.17, 15) is 0 Å². The van der Waals surface area contributed by atoms with Crippen LogP contribution in [0.4, 0.5) is 0 Å². The molecule has 0 aromatic heterocycles. The number of aryl methyl sites for hydroxylation is 1. The SMILES string of the molecule is Cc1ccc2c(c1)C(C)(C)c1cc(-c3ccc4c(c3)-c3ccccc3C4(C)C)c3ccccc3c1-2. The third kappa shape index (κ3) is 2.63. The van der Waals surface area contributed by atoms with Crippen LogP contribution in [0.3, 0.4) is 0 Å². The minimum atomic E-state index is -0.0270. The first-order valence-electron chi connectivity index (χ1n) is 12.7. The summed E-state index contributed by atoms with van der Waals surface area (Å²) >= 11 is 0. The zero-order valence-electron chi connectivity index (χ0n) is 21.2.